The van der Waals surface area contributed by atoms with Gasteiger partial charge < -0.3 is 9.47 Å². The summed E-state index contributed by atoms with van der Waals surface area (Å²) in [6.07, 6.45) is -0.597. The van der Waals surface area contributed by atoms with Crippen LogP contribution in [0.2, 0.25) is 0 Å². The number of esters is 1. The molecule has 1 aliphatic heterocycles. The summed E-state index contributed by atoms with van der Waals surface area (Å²) in [5.74, 6) is -0.401. The second kappa shape index (κ2) is 3.93. The molecule has 1 amide bonds. The smallest absolute Gasteiger partial charge is 0.411 e. The zero-order chi connectivity index (χ0) is 9.84. The zero-order valence-corrected chi connectivity index (χ0v) is 7.33. The molecule has 1 unspecified atom stereocenters. The minimum Gasteiger partial charge on any atom is -0.456 e. The van der Waals surface area contributed by atoms with Gasteiger partial charge in [0.05, 0.1) is 12.3 Å². The molecule has 72 valence electrons. The van der Waals surface area contributed by atoms with Gasteiger partial charge in [0, 0.05) is 13.3 Å². The molecule has 1 heterocycles. The maximum atomic E-state index is 10.8. The van der Waals surface area contributed by atoms with Gasteiger partial charge in [-0.1, -0.05) is 6.58 Å². The van der Waals surface area contributed by atoms with Crippen molar-refractivity contribution in [1.82, 2.24) is 5.32 Å². The number of nitrogens with one attached hydrogen (secondary N) is 1. The Morgan fingerprint density at radius 2 is 2.46 bits per heavy atom. The Labute approximate surface area is 75.7 Å². The van der Waals surface area contributed by atoms with Gasteiger partial charge in [0.25, 0.3) is 0 Å². The van der Waals surface area contributed by atoms with Gasteiger partial charge in [0.2, 0.25) is 0 Å². The largest absolute Gasteiger partial charge is 0.456 e. The number of rotatable bonds is 1. The number of hydrogen-bond donors (Lipinski definition) is 1. The Morgan fingerprint density at radius 3 is 3.08 bits per heavy atom. The second-order valence-electron chi connectivity index (χ2n) is 2.67. The first kappa shape index (κ1) is 9.57. The highest BCUT2D eigenvalue weighted by molar-refractivity contribution is 5.71. The fourth-order valence-corrected chi connectivity index (χ4v) is 1.01. The Balaban J connectivity index is 2.58. The molecule has 5 nitrogen and oxygen atoms in total. The molecule has 1 N–H and O–H groups in total. The van der Waals surface area contributed by atoms with Crippen molar-refractivity contribution in [3.63, 3.8) is 0 Å². The lowest BCUT2D eigenvalue weighted by Crippen LogP contribution is -2.28. The average molecular weight is 185 g/mol. The first-order chi connectivity index (χ1) is 6.09. The van der Waals surface area contributed by atoms with Gasteiger partial charge in [-0.3, -0.25) is 10.1 Å². The Kier molecular flexibility index (Phi) is 2.89. The fraction of sp³-hybridized carbons (Fsp3) is 0.500. The van der Waals surface area contributed by atoms with Crippen molar-refractivity contribution < 1.29 is 19.1 Å². The third kappa shape index (κ3) is 2.77. The van der Waals surface area contributed by atoms with Crippen LogP contribution in [0.25, 0.3) is 0 Å². The molecule has 0 aromatic heterocycles. The lowest BCUT2D eigenvalue weighted by atomic mass is 10.2. The number of carbonyl (C=O) groups excluding carboxylic acids is 2. The van der Waals surface area contributed by atoms with Crippen LogP contribution in [0.3, 0.4) is 0 Å². The van der Waals surface area contributed by atoms with Crippen molar-refractivity contribution in [2.24, 2.45) is 0 Å². The summed E-state index contributed by atoms with van der Waals surface area (Å²) in [5, 5.41) is 2.36. The van der Waals surface area contributed by atoms with E-state index < -0.39 is 18.2 Å². The van der Waals surface area contributed by atoms with Gasteiger partial charge in [-0.25, -0.2) is 4.79 Å². The zero-order valence-electron chi connectivity index (χ0n) is 7.33. The molecule has 5 heteroatoms. The van der Waals surface area contributed by atoms with Crippen LogP contribution in [-0.2, 0) is 14.3 Å². The van der Waals surface area contributed by atoms with E-state index in [4.69, 9.17) is 4.74 Å². The molecular formula is C8H11NO4. The van der Waals surface area contributed by atoms with Gasteiger partial charge in [0.1, 0.15) is 6.10 Å². The van der Waals surface area contributed by atoms with E-state index in [0.29, 0.717) is 12.1 Å². The topological polar surface area (TPSA) is 64.6 Å². The van der Waals surface area contributed by atoms with Crippen molar-refractivity contribution in [3.05, 3.63) is 12.3 Å². The van der Waals surface area contributed by atoms with Crippen molar-refractivity contribution in [2.75, 3.05) is 6.61 Å². The van der Waals surface area contributed by atoms with Crippen LogP contribution in [0.15, 0.2) is 12.3 Å². The number of cyclic esters (lactones) is 1. The summed E-state index contributed by atoms with van der Waals surface area (Å²) < 4.78 is 9.58. The Bertz CT molecular complexity index is 249. The minimum absolute atomic E-state index is 0.225. The molecule has 0 radical (unpaired) electrons. The van der Waals surface area contributed by atoms with Gasteiger partial charge in [-0.15, -0.1) is 0 Å². The predicted molar refractivity (Wildman–Crippen MR) is 43.8 cm³/mol. The normalized spacial score (nSPS) is 22.7. The number of hydrogen-bond acceptors (Lipinski definition) is 4. The summed E-state index contributed by atoms with van der Waals surface area (Å²) in [6, 6.07) is 0. The van der Waals surface area contributed by atoms with Crippen LogP contribution in [0.5, 0.6) is 0 Å². The van der Waals surface area contributed by atoms with E-state index in [9.17, 15) is 9.59 Å². The van der Waals surface area contributed by atoms with E-state index in [1.165, 1.54) is 6.92 Å². The van der Waals surface area contributed by atoms with E-state index in [0.717, 1.165) is 0 Å². The molecule has 0 spiro atoms. The third-order valence-corrected chi connectivity index (χ3v) is 1.57. The van der Waals surface area contributed by atoms with E-state index >= 15 is 0 Å². The quantitative estimate of drug-likeness (QED) is 0.606. The number of ether oxygens (including phenoxy) is 2. The predicted octanol–water partition coefficient (Wildman–Crippen LogP) is 0.562. The summed E-state index contributed by atoms with van der Waals surface area (Å²) in [7, 11) is 0. The van der Waals surface area contributed by atoms with Crippen molar-refractivity contribution in [3.8, 4) is 0 Å². The Morgan fingerprint density at radius 1 is 1.77 bits per heavy atom. The van der Waals surface area contributed by atoms with E-state index in [2.05, 4.69) is 16.6 Å². The average Bonchev–Trinajstić information content (AvgIpc) is 2.13. The van der Waals surface area contributed by atoms with Crippen LogP contribution >= 0.6 is 0 Å². The van der Waals surface area contributed by atoms with Gasteiger partial charge in [-0.2, -0.15) is 0 Å². The highest BCUT2D eigenvalue weighted by atomic mass is 16.6. The van der Waals surface area contributed by atoms with Gasteiger partial charge >= 0.3 is 12.1 Å². The molecule has 0 bridgehead atoms. The Hall–Kier alpha value is -1.52. The van der Waals surface area contributed by atoms with Crippen molar-refractivity contribution in [2.45, 2.75) is 19.4 Å². The van der Waals surface area contributed by atoms with Crippen LogP contribution in [0.1, 0.15) is 13.3 Å². The minimum atomic E-state index is -0.556. The van der Waals surface area contributed by atoms with E-state index in [1.54, 1.807) is 0 Å². The van der Waals surface area contributed by atoms with E-state index in [1.807, 2.05) is 0 Å². The molecule has 1 rings (SSSR count). The van der Waals surface area contributed by atoms with Crippen molar-refractivity contribution >= 4 is 12.1 Å². The standard InChI is InChI=1S/C8H11NO4/c1-5-7(13-6(2)10)3-4-12-8(11)9-5/h7H,1,3-4H2,2H3,(H,9,11). The lowest BCUT2D eigenvalue weighted by Gasteiger charge is -2.14. The number of amides is 1. The maximum absolute atomic E-state index is 10.8. The SMILES string of the molecule is C=C1NC(=O)OCCC1OC(C)=O. The molecule has 0 saturated carbocycles. The molecule has 0 aromatic rings. The summed E-state index contributed by atoms with van der Waals surface area (Å²) >= 11 is 0. The first-order valence-electron chi connectivity index (χ1n) is 3.89. The third-order valence-electron chi connectivity index (χ3n) is 1.57. The summed E-state index contributed by atoms with van der Waals surface area (Å²) in [5.41, 5.74) is 0.359. The molecule has 13 heavy (non-hydrogen) atoms. The number of alkyl carbamates (subject to hydrolysis) is 1. The van der Waals surface area contributed by atoms with Crippen LogP contribution < -0.4 is 5.32 Å². The molecular weight excluding hydrogens is 174 g/mol. The highest BCUT2D eigenvalue weighted by Crippen LogP contribution is 2.11. The first-order valence-corrected chi connectivity index (χ1v) is 3.89. The maximum Gasteiger partial charge on any atom is 0.411 e. The van der Waals surface area contributed by atoms with Crippen LogP contribution in [-0.4, -0.2) is 24.8 Å². The molecule has 0 aliphatic carbocycles. The molecule has 1 fully saturated rings. The summed E-state index contributed by atoms with van der Waals surface area (Å²) in [6.45, 7) is 5.10. The van der Waals surface area contributed by atoms with Crippen LogP contribution in [0, 0.1) is 0 Å². The molecule has 1 saturated heterocycles. The monoisotopic (exact) mass is 185 g/mol. The van der Waals surface area contributed by atoms with Gasteiger partial charge in [0.15, 0.2) is 0 Å². The lowest BCUT2D eigenvalue weighted by molar-refractivity contribution is -0.145. The van der Waals surface area contributed by atoms with E-state index in [-0.39, 0.29) is 6.61 Å². The van der Waals surface area contributed by atoms with Gasteiger partial charge in [-0.05, 0) is 0 Å². The number of carbonyl (C=O) groups is 2. The molecule has 1 aliphatic rings. The van der Waals surface area contributed by atoms with Crippen molar-refractivity contribution in [1.29, 1.82) is 0 Å². The fourth-order valence-electron chi connectivity index (χ4n) is 1.01. The van der Waals surface area contributed by atoms with Crippen LogP contribution in [0.4, 0.5) is 4.79 Å². The summed E-state index contributed by atoms with van der Waals surface area (Å²) in [4.78, 5) is 21.4. The second-order valence-corrected chi connectivity index (χ2v) is 2.67. The molecule has 1 atom stereocenters. The highest BCUT2D eigenvalue weighted by Gasteiger charge is 2.22. The molecule has 0 aromatic carbocycles.